The molecule has 0 radical (unpaired) electrons. The smallest absolute Gasteiger partial charge is 0.219 e. The third kappa shape index (κ3) is 5.30. The molecule has 3 aromatic rings. The van der Waals surface area contributed by atoms with E-state index in [-0.39, 0.29) is 0 Å². The number of pyridine rings is 1. The molecule has 2 aromatic carbocycles. The SMILES string of the molecule is CO.Sc1ccc(Oc2ccccn2)cc1CNc1ccccc1. The molecule has 0 saturated heterocycles. The van der Waals surface area contributed by atoms with E-state index in [1.54, 1.807) is 6.20 Å². The van der Waals surface area contributed by atoms with Gasteiger partial charge in [-0.3, -0.25) is 0 Å². The Balaban J connectivity index is 0.00000100. The van der Waals surface area contributed by atoms with E-state index in [4.69, 9.17) is 9.84 Å². The van der Waals surface area contributed by atoms with E-state index in [0.29, 0.717) is 12.4 Å². The lowest BCUT2D eigenvalue weighted by Crippen LogP contribution is -2.00. The first-order valence-electron chi connectivity index (χ1n) is 7.46. The van der Waals surface area contributed by atoms with Gasteiger partial charge in [-0.1, -0.05) is 24.3 Å². The molecule has 0 bridgehead atoms. The Bertz CT molecular complexity index is 737. The van der Waals surface area contributed by atoms with E-state index >= 15 is 0 Å². The van der Waals surface area contributed by atoms with Gasteiger partial charge in [0.25, 0.3) is 0 Å². The maximum Gasteiger partial charge on any atom is 0.219 e. The summed E-state index contributed by atoms with van der Waals surface area (Å²) in [6, 6.07) is 21.5. The number of hydrogen-bond donors (Lipinski definition) is 3. The van der Waals surface area contributed by atoms with Crippen LogP contribution in [0.4, 0.5) is 5.69 Å². The lowest BCUT2D eigenvalue weighted by molar-refractivity contribution is 0.399. The van der Waals surface area contributed by atoms with Crippen LogP contribution < -0.4 is 10.1 Å². The first kappa shape index (κ1) is 17.8. The van der Waals surface area contributed by atoms with E-state index in [1.165, 1.54) is 0 Å². The van der Waals surface area contributed by atoms with Gasteiger partial charge in [-0.15, -0.1) is 12.6 Å². The van der Waals surface area contributed by atoms with Gasteiger partial charge in [0.05, 0.1) is 0 Å². The fourth-order valence-corrected chi connectivity index (χ4v) is 2.27. The summed E-state index contributed by atoms with van der Waals surface area (Å²) in [6.45, 7) is 0.683. The maximum atomic E-state index is 7.00. The third-order valence-corrected chi connectivity index (χ3v) is 3.60. The van der Waals surface area contributed by atoms with E-state index in [9.17, 15) is 0 Å². The molecule has 0 aliphatic rings. The summed E-state index contributed by atoms with van der Waals surface area (Å²) in [7, 11) is 1.00. The Morgan fingerprint density at radius 3 is 2.46 bits per heavy atom. The van der Waals surface area contributed by atoms with Crippen molar-refractivity contribution in [3.8, 4) is 11.6 Å². The summed E-state index contributed by atoms with van der Waals surface area (Å²) in [5.74, 6) is 1.33. The van der Waals surface area contributed by atoms with Crippen LogP contribution in [-0.2, 0) is 6.54 Å². The monoisotopic (exact) mass is 340 g/mol. The molecule has 0 spiro atoms. The molecule has 0 aliphatic heterocycles. The van der Waals surface area contributed by atoms with Crippen molar-refractivity contribution in [2.45, 2.75) is 11.4 Å². The van der Waals surface area contributed by atoms with Gasteiger partial charge in [-0.25, -0.2) is 4.98 Å². The van der Waals surface area contributed by atoms with Crippen molar-refractivity contribution in [3.05, 3.63) is 78.5 Å². The lowest BCUT2D eigenvalue weighted by Gasteiger charge is -2.11. The fraction of sp³-hybridized carbons (Fsp3) is 0.105. The lowest BCUT2D eigenvalue weighted by atomic mass is 10.2. The zero-order valence-electron chi connectivity index (χ0n) is 13.4. The van der Waals surface area contributed by atoms with Crippen molar-refractivity contribution in [2.75, 3.05) is 12.4 Å². The zero-order valence-corrected chi connectivity index (χ0v) is 14.3. The topological polar surface area (TPSA) is 54.4 Å². The number of anilines is 1. The van der Waals surface area contributed by atoms with Crippen LogP contribution in [0.5, 0.6) is 11.6 Å². The first-order valence-corrected chi connectivity index (χ1v) is 7.90. The molecule has 124 valence electrons. The number of para-hydroxylation sites is 1. The minimum absolute atomic E-state index is 0.580. The van der Waals surface area contributed by atoms with Crippen molar-refractivity contribution in [2.24, 2.45) is 0 Å². The van der Waals surface area contributed by atoms with Crippen LogP contribution in [-0.4, -0.2) is 17.2 Å². The van der Waals surface area contributed by atoms with Gasteiger partial charge >= 0.3 is 0 Å². The van der Waals surface area contributed by atoms with Crippen molar-refractivity contribution in [3.63, 3.8) is 0 Å². The van der Waals surface area contributed by atoms with Gasteiger partial charge in [0, 0.05) is 36.5 Å². The largest absolute Gasteiger partial charge is 0.439 e. The number of aliphatic hydroxyl groups is 1. The van der Waals surface area contributed by atoms with Crippen LogP contribution in [0.25, 0.3) is 0 Å². The zero-order chi connectivity index (χ0) is 17.2. The van der Waals surface area contributed by atoms with E-state index in [0.717, 1.165) is 29.0 Å². The number of benzene rings is 2. The van der Waals surface area contributed by atoms with Crippen molar-refractivity contribution < 1.29 is 9.84 Å². The minimum Gasteiger partial charge on any atom is -0.439 e. The number of hydrogen-bond acceptors (Lipinski definition) is 5. The number of rotatable bonds is 5. The second-order valence-electron chi connectivity index (χ2n) is 4.78. The summed E-state index contributed by atoms with van der Waals surface area (Å²) in [4.78, 5) is 5.09. The molecule has 0 fully saturated rings. The Morgan fingerprint density at radius 1 is 1.00 bits per heavy atom. The number of ether oxygens (including phenoxy) is 1. The summed E-state index contributed by atoms with van der Waals surface area (Å²) in [5.41, 5.74) is 2.15. The normalized spacial score (nSPS) is 9.62. The van der Waals surface area contributed by atoms with Gasteiger partial charge in [0.1, 0.15) is 5.75 Å². The van der Waals surface area contributed by atoms with Crippen LogP contribution in [0.15, 0.2) is 77.8 Å². The molecule has 0 atom stereocenters. The molecule has 5 heteroatoms. The average molecular weight is 340 g/mol. The van der Waals surface area contributed by atoms with Crippen LogP contribution >= 0.6 is 12.6 Å². The molecule has 3 rings (SSSR count). The average Bonchev–Trinajstić information content (AvgIpc) is 2.65. The molecule has 4 nitrogen and oxygen atoms in total. The molecule has 0 unspecified atom stereocenters. The minimum atomic E-state index is 0.580. The highest BCUT2D eigenvalue weighted by Crippen LogP contribution is 2.25. The quantitative estimate of drug-likeness (QED) is 0.603. The predicted octanol–water partition coefficient (Wildman–Crippen LogP) is 4.38. The summed E-state index contributed by atoms with van der Waals surface area (Å²) < 4.78 is 5.75. The summed E-state index contributed by atoms with van der Waals surface area (Å²) in [5, 5.41) is 10.4. The number of nitrogens with zero attached hydrogens (tertiary/aromatic N) is 1. The molecule has 2 N–H and O–H groups in total. The van der Waals surface area contributed by atoms with Crippen LogP contribution in [0.2, 0.25) is 0 Å². The Kier molecular flexibility index (Phi) is 7.14. The second-order valence-corrected chi connectivity index (χ2v) is 5.26. The van der Waals surface area contributed by atoms with E-state index in [2.05, 4.69) is 22.9 Å². The fourth-order valence-electron chi connectivity index (χ4n) is 2.05. The standard InChI is InChI=1S/C18H16N2OS.CH4O/c22-17-10-9-16(21-18-8-4-5-11-19-18)12-14(17)13-20-15-6-2-1-3-7-15;1-2/h1-12,20,22H,13H2;2H,1H3. The Morgan fingerprint density at radius 2 is 1.75 bits per heavy atom. The molecular formula is C19H20N2O2S. The van der Waals surface area contributed by atoms with E-state index < -0.39 is 0 Å². The highest BCUT2D eigenvalue weighted by atomic mass is 32.1. The third-order valence-electron chi connectivity index (χ3n) is 3.17. The van der Waals surface area contributed by atoms with Gasteiger partial charge in [-0.05, 0) is 42.0 Å². The predicted molar refractivity (Wildman–Crippen MR) is 99.9 cm³/mol. The van der Waals surface area contributed by atoms with Crippen molar-refractivity contribution in [1.82, 2.24) is 4.98 Å². The van der Waals surface area contributed by atoms with Crippen LogP contribution in [0.3, 0.4) is 0 Å². The molecule has 1 aromatic heterocycles. The Hall–Kier alpha value is -2.50. The molecular weight excluding hydrogens is 320 g/mol. The first-order chi connectivity index (χ1) is 11.8. The molecule has 24 heavy (non-hydrogen) atoms. The molecule has 0 saturated carbocycles. The highest BCUT2D eigenvalue weighted by molar-refractivity contribution is 7.80. The molecule has 0 amide bonds. The van der Waals surface area contributed by atoms with Gasteiger partial charge < -0.3 is 15.2 Å². The van der Waals surface area contributed by atoms with Crippen LogP contribution in [0.1, 0.15) is 5.56 Å². The van der Waals surface area contributed by atoms with Crippen LogP contribution in [0, 0.1) is 0 Å². The van der Waals surface area contributed by atoms with Crippen molar-refractivity contribution >= 4 is 18.3 Å². The second kappa shape index (κ2) is 9.60. The maximum absolute atomic E-state index is 7.00. The highest BCUT2D eigenvalue weighted by Gasteiger charge is 2.04. The van der Waals surface area contributed by atoms with Crippen molar-refractivity contribution in [1.29, 1.82) is 0 Å². The summed E-state index contributed by atoms with van der Waals surface area (Å²) in [6.07, 6.45) is 1.71. The number of aromatic nitrogens is 1. The number of aliphatic hydroxyl groups excluding tert-OH is 1. The van der Waals surface area contributed by atoms with Gasteiger partial charge in [0.15, 0.2) is 0 Å². The van der Waals surface area contributed by atoms with E-state index in [1.807, 2.05) is 66.7 Å². The Labute approximate surface area is 147 Å². The number of thiol groups is 1. The number of nitrogens with one attached hydrogen (secondary N) is 1. The van der Waals surface area contributed by atoms with Gasteiger partial charge in [0.2, 0.25) is 5.88 Å². The molecule has 0 aliphatic carbocycles. The molecule has 1 heterocycles. The van der Waals surface area contributed by atoms with Gasteiger partial charge in [-0.2, -0.15) is 0 Å². The summed E-state index contributed by atoms with van der Waals surface area (Å²) >= 11 is 4.51.